The Balaban J connectivity index is 1.20. The number of hydrogen-bond donors (Lipinski definition) is 1. The van der Waals surface area contributed by atoms with Crippen LogP contribution in [0, 0.1) is 47.3 Å². The molecule has 4 aliphatic carbocycles. The fraction of sp³-hybridized carbons (Fsp3) is 0.750. The molecule has 0 spiro atoms. The van der Waals surface area contributed by atoms with Crippen LogP contribution in [0.25, 0.3) is 11.0 Å². The summed E-state index contributed by atoms with van der Waals surface area (Å²) in [5.41, 5.74) is 1.27. The fourth-order valence-corrected chi connectivity index (χ4v) is 9.00. The molecule has 1 heterocycles. The second-order valence-corrected chi connectivity index (χ2v) is 12.3. The number of carbonyl (C=O) groups is 1. The van der Waals surface area contributed by atoms with E-state index in [-0.39, 0.29) is 12.0 Å². The topological polar surface area (TPSA) is 68.0 Å². The summed E-state index contributed by atoms with van der Waals surface area (Å²) in [5.74, 6) is 5.44. The van der Waals surface area contributed by atoms with E-state index in [1.165, 1.54) is 32.1 Å². The van der Waals surface area contributed by atoms with Gasteiger partial charge in [0, 0.05) is 5.92 Å². The third-order valence-electron chi connectivity index (χ3n) is 10.3. The van der Waals surface area contributed by atoms with Crippen molar-refractivity contribution in [3.63, 3.8) is 0 Å². The highest BCUT2D eigenvalue weighted by Crippen LogP contribution is 2.61. The number of carbonyl (C=O) groups excluding carboxylic acids is 1. The van der Waals surface area contributed by atoms with Gasteiger partial charge in [-0.15, -0.1) is 0 Å². The molecule has 0 radical (unpaired) electrons. The van der Waals surface area contributed by atoms with E-state index in [0.717, 1.165) is 48.0 Å². The number of aromatic nitrogens is 3. The highest BCUT2D eigenvalue weighted by Gasteiger charge is 2.56. The summed E-state index contributed by atoms with van der Waals surface area (Å²) < 4.78 is 0. The van der Waals surface area contributed by atoms with Crippen LogP contribution in [-0.2, 0) is 4.79 Å². The first-order valence-corrected chi connectivity index (χ1v) is 13.4. The summed E-state index contributed by atoms with van der Waals surface area (Å²) in [5, 5.41) is 19.9. The molecule has 1 aromatic heterocycles. The van der Waals surface area contributed by atoms with Crippen LogP contribution in [-0.4, -0.2) is 31.5 Å². The molecule has 178 valence electrons. The number of hydrogen-bond acceptors (Lipinski definition) is 4. The third-order valence-corrected chi connectivity index (χ3v) is 10.3. The minimum Gasteiger partial charge on any atom is -0.390 e. The summed E-state index contributed by atoms with van der Waals surface area (Å²) in [4.78, 5) is 15.4. The van der Waals surface area contributed by atoms with Crippen LogP contribution in [0.15, 0.2) is 24.3 Å². The van der Waals surface area contributed by atoms with Crippen LogP contribution in [0.1, 0.15) is 78.2 Å². The SMILES string of the molecule is CC1C[C@H](C(=O)[C@H](C)n2nc3ccccc3n2)[C@H]2CC[C@H]3[C@@H](CC[C@@H]4C[C@](C)(O)CC[C@@H]43)[C@H]12. The van der Waals surface area contributed by atoms with Crippen molar-refractivity contribution in [3.8, 4) is 0 Å². The molecule has 5 nitrogen and oxygen atoms in total. The van der Waals surface area contributed by atoms with Crippen molar-refractivity contribution in [2.75, 3.05) is 0 Å². The van der Waals surface area contributed by atoms with Crippen LogP contribution in [0.2, 0.25) is 0 Å². The van der Waals surface area contributed by atoms with E-state index >= 15 is 0 Å². The van der Waals surface area contributed by atoms with Crippen molar-refractivity contribution in [1.29, 1.82) is 0 Å². The van der Waals surface area contributed by atoms with Crippen LogP contribution in [0.4, 0.5) is 0 Å². The lowest BCUT2D eigenvalue weighted by Crippen LogP contribution is -2.49. The van der Waals surface area contributed by atoms with Crippen LogP contribution < -0.4 is 0 Å². The number of nitrogens with zero attached hydrogens (tertiary/aromatic N) is 3. The summed E-state index contributed by atoms with van der Waals surface area (Å²) in [7, 11) is 0. The average Bonchev–Trinajstić information content (AvgIpc) is 3.38. The Morgan fingerprint density at radius 3 is 2.42 bits per heavy atom. The number of aliphatic hydroxyl groups is 1. The quantitative estimate of drug-likeness (QED) is 0.678. The molecule has 4 fully saturated rings. The maximum absolute atomic E-state index is 13.8. The second kappa shape index (κ2) is 7.90. The minimum atomic E-state index is -0.454. The van der Waals surface area contributed by atoms with Gasteiger partial charge < -0.3 is 5.11 Å². The first-order valence-electron chi connectivity index (χ1n) is 13.4. The molecule has 6 rings (SSSR count). The molecule has 0 bridgehead atoms. The van der Waals surface area contributed by atoms with Crippen molar-refractivity contribution in [2.24, 2.45) is 47.3 Å². The van der Waals surface area contributed by atoms with Crippen LogP contribution in [0.5, 0.6) is 0 Å². The van der Waals surface area contributed by atoms with Crippen molar-refractivity contribution in [2.45, 2.75) is 83.8 Å². The van der Waals surface area contributed by atoms with E-state index in [1.807, 2.05) is 38.1 Å². The van der Waals surface area contributed by atoms with Gasteiger partial charge in [-0.25, -0.2) is 0 Å². The highest BCUT2D eigenvalue weighted by molar-refractivity contribution is 5.85. The van der Waals surface area contributed by atoms with Crippen molar-refractivity contribution < 1.29 is 9.90 Å². The Hall–Kier alpha value is -1.75. The number of rotatable bonds is 3. The lowest BCUT2D eigenvalue weighted by atomic mass is 9.51. The van der Waals surface area contributed by atoms with E-state index < -0.39 is 5.60 Å². The van der Waals surface area contributed by atoms with Gasteiger partial charge in [0.25, 0.3) is 0 Å². The predicted molar refractivity (Wildman–Crippen MR) is 128 cm³/mol. The number of fused-ring (bicyclic) bond motifs is 6. The molecule has 4 saturated carbocycles. The standard InChI is InChI=1S/C28H39N3O2/c1-16-14-23(27(32)17(2)31-29-24-6-4-5-7-25(24)30-31)22-11-10-20-19-12-13-28(3,33)15-18(19)8-9-21(20)26(16)22/h4-7,16-23,26,33H,8-15H2,1-3H3/t16?,17-,18+,19-,20+,21+,22+,23-,26-,28+/m0/s1. The maximum atomic E-state index is 13.8. The van der Waals surface area contributed by atoms with E-state index in [4.69, 9.17) is 0 Å². The Kier molecular flexibility index (Phi) is 5.21. The zero-order valence-corrected chi connectivity index (χ0v) is 20.4. The van der Waals surface area contributed by atoms with Crippen LogP contribution >= 0.6 is 0 Å². The molecule has 5 heteroatoms. The fourth-order valence-electron chi connectivity index (χ4n) is 9.00. The Labute approximate surface area is 197 Å². The number of ketones is 1. The summed E-state index contributed by atoms with van der Waals surface area (Å²) >= 11 is 0. The van der Waals surface area contributed by atoms with E-state index in [0.29, 0.717) is 29.5 Å². The normalized spacial score (nSPS) is 43.5. The van der Waals surface area contributed by atoms with E-state index in [9.17, 15) is 9.90 Å². The summed E-state index contributed by atoms with van der Waals surface area (Å²) in [6.07, 6.45) is 9.25. The first kappa shape index (κ1) is 21.8. The van der Waals surface area contributed by atoms with Gasteiger partial charge in [0.1, 0.15) is 17.1 Å². The average molecular weight is 450 g/mol. The molecule has 0 aliphatic heterocycles. The van der Waals surface area contributed by atoms with E-state index in [2.05, 4.69) is 17.1 Å². The lowest BCUT2D eigenvalue weighted by molar-refractivity contribution is -0.129. The molecule has 1 unspecified atom stereocenters. The highest BCUT2D eigenvalue weighted by atomic mass is 16.3. The molecule has 0 saturated heterocycles. The lowest BCUT2D eigenvalue weighted by Gasteiger charge is -2.54. The van der Waals surface area contributed by atoms with Gasteiger partial charge in [-0.3, -0.25) is 4.79 Å². The Morgan fingerprint density at radius 2 is 1.70 bits per heavy atom. The Morgan fingerprint density at radius 1 is 1.03 bits per heavy atom. The van der Waals surface area contributed by atoms with Crippen molar-refractivity contribution >= 4 is 16.8 Å². The molecule has 0 amide bonds. The van der Waals surface area contributed by atoms with Gasteiger partial charge in [0.05, 0.1) is 5.60 Å². The first-order chi connectivity index (χ1) is 15.8. The van der Waals surface area contributed by atoms with Gasteiger partial charge in [-0.2, -0.15) is 15.0 Å². The minimum absolute atomic E-state index is 0.153. The van der Waals surface area contributed by atoms with Gasteiger partial charge >= 0.3 is 0 Å². The molecule has 10 atom stereocenters. The van der Waals surface area contributed by atoms with Gasteiger partial charge in [0.2, 0.25) is 0 Å². The number of Topliss-reactive ketones (excluding diaryl/α,β-unsaturated/α-hetero) is 1. The largest absolute Gasteiger partial charge is 0.390 e. The molecule has 1 aromatic carbocycles. The monoisotopic (exact) mass is 449 g/mol. The summed E-state index contributed by atoms with van der Waals surface area (Å²) in [6.45, 7) is 6.44. The zero-order chi connectivity index (χ0) is 22.9. The molecular formula is C28H39N3O2. The number of benzene rings is 1. The van der Waals surface area contributed by atoms with Crippen molar-refractivity contribution in [3.05, 3.63) is 24.3 Å². The maximum Gasteiger partial charge on any atom is 0.162 e. The molecular weight excluding hydrogens is 410 g/mol. The van der Waals surface area contributed by atoms with Gasteiger partial charge in [-0.05, 0) is 119 Å². The molecule has 2 aromatic rings. The van der Waals surface area contributed by atoms with Crippen molar-refractivity contribution in [1.82, 2.24) is 15.0 Å². The molecule has 33 heavy (non-hydrogen) atoms. The zero-order valence-electron chi connectivity index (χ0n) is 20.4. The predicted octanol–water partition coefficient (Wildman–Crippen LogP) is 5.44. The Bertz CT molecular complexity index is 1010. The molecule has 1 N–H and O–H groups in total. The van der Waals surface area contributed by atoms with E-state index in [1.54, 1.807) is 4.80 Å². The van der Waals surface area contributed by atoms with Gasteiger partial charge in [-0.1, -0.05) is 19.1 Å². The molecule has 4 aliphatic rings. The second-order valence-electron chi connectivity index (χ2n) is 12.3. The third kappa shape index (κ3) is 3.57. The van der Waals surface area contributed by atoms with Crippen LogP contribution in [0.3, 0.4) is 0 Å². The summed E-state index contributed by atoms with van der Waals surface area (Å²) in [6, 6.07) is 7.56. The smallest absolute Gasteiger partial charge is 0.162 e. The van der Waals surface area contributed by atoms with Gasteiger partial charge in [0.15, 0.2) is 5.78 Å².